The zero-order valence-electron chi connectivity index (χ0n) is 12.2. The SMILES string of the molecule is CC(C)CCOC(C)C(=O)NC1CCCNC1C. The molecule has 0 aromatic rings. The minimum absolute atomic E-state index is 0.0132. The molecule has 1 amide bonds. The molecule has 106 valence electrons. The molecule has 0 aromatic carbocycles. The number of ether oxygens (including phenoxy) is 1. The Morgan fingerprint density at radius 2 is 2.17 bits per heavy atom. The lowest BCUT2D eigenvalue weighted by Crippen LogP contribution is -2.53. The van der Waals surface area contributed by atoms with Gasteiger partial charge in [0.05, 0.1) is 0 Å². The summed E-state index contributed by atoms with van der Waals surface area (Å²) in [5.41, 5.74) is 0. The molecule has 1 fully saturated rings. The minimum atomic E-state index is -0.349. The Morgan fingerprint density at radius 1 is 1.44 bits per heavy atom. The lowest BCUT2D eigenvalue weighted by atomic mass is 10.00. The number of piperidine rings is 1. The molecule has 1 heterocycles. The summed E-state index contributed by atoms with van der Waals surface area (Å²) < 4.78 is 5.56. The Hall–Kier alpha value is -0.610. The molecule has 0 aliphatic carbocycles. The van der Waals surface area contributed by atoms with Crippen LogP contribution in [0.1, 0.15) is 47.0 Å². The van der Waals surface area contributed by atoms with Gasteiger partial charge in [0.1, 0.15) is 6.10 Å². The molecule has 0 bridgehead atoms. The molecule has 0 saturated carbocycles. The quantitative estimate of drug-likeness (QED) is 0.760. The number of hydrogen-bond acceptors (Lipinski definition) is 3. The van der Waals surface area contributed by atoms with E-state index in [2.05, 4.69) is 31.4 Å². The van der Waals surface area contributed by atoms with Gasteiger partial charge in [-0.1, -0.05) is 13.8 Å². The van der Waals surface area contributed by atoms with Crippen LogP contribution >= 0.6 is 0 Å². The summed E-state index contributed by atoms with van der Waals surface area (Å²) in [4.78, 5) is 12.0. The molecule has 3 unspecified atom stereocenters. The van der Waals surface area contributed by atoms with Crippen molar-refractivity contribution in [1.29, 1.82) is 0 Å². The molecule has 1 aliphatic rings. The molecule has 18 heavy (non-hydrogen) atoms. The topological polar surface area (TPSA) is 50.4 Å². The molecule has 4 heteroatoms. The highest BCUT2D eigenvalue weighted by atomic mass is 16.5. The number of carbonyl (C=O) groups excluding carboxylic acids is 1. The second kappa shape index (κ2) is 7.74. The highest BCUT2D eigenvalue weighted by Crippen LogP contribution is 2.09. The van der Waals surface area contributed by atoms with E-state index in [0.717, 1.165) is 25.8 Å². The van der Waals surface area contributed by atoms with Gasteiger partial charge in [0, 0.05) is 18.7 Å². The van der Waals surface area contributed by atoms with E-state index < -0.39 is 0 Å². The Balaban J connectivity index is 2.26. The van der Waals surface area contributed by atoms with Crippen LogP contribution in [0.3, 0.4) is 0 Å². The van der Waals surface area contributed by atoms with Crippen molar-refractivity contribution in [1.82, 2.24) is 10.6 Å². The average molecular weight is 256 g/mol. The lowest BCUT2D eigenvalue weighted by Gasteiger charge is -2.31. The largest absolute Gasteiger partial charge is 0.369 e. The standard InChI is InChI=1S/C14H28N2O2/c1-10(2)7-9-18-12(4)14(17)16-13-6-5-8-15-11(13)3/h10-13,15H,5-9H2,1-4H3,(H,16,17). The second-order valence-corrected chi connectivity index (χ2v) is 5.70. The monoisotopic (exact) mass is 256 g/mol. The predicted octanol–water partition coefficient (Wildman–Crippen LogP) is 1.69. The zero-order valence-corrected chi connectivity index (χ0v) is 12.2. The third-order valence-electron chi connectivity index (χ3n) is 3.52. The van der Waals surface area contributed by atoms with Gasteiger partial charge in [-0.15, -0.1) is 0 Å². The van der Waals surface area contributed by atoms with Gasteiger partial charge >= 0.3 is 0 Å². The first kappa shape index (κ1) is 15.4. The van der Waals surface area contributed by atoms with Crippen LogP contribution < -0.4 is 10.6 Å². The smallest absolute Gasteiger partial charge is 0.249 e. The van der Waals surface area contributed by atoms with Crippen LogP contribution in [0.5, 0.6) is 0 Å². The summed E-state index contributed by atoms with van der Waals surface area (Å²) in [6.07, 6.45) is 2.83. The second-order valence-electron chi connectivity index (χ2n) is 5.70. The van der Waals surface area contributed by atoms with Crippen molar-refractivity contribution in [2.24, 2.45) is 5.92 Å². The first-order valence-corrected chi connectivity index (χ1v) is 7.16. The fourth-order valence-electron chi connectivity index (χ4n) is 2.10. The van der Waals surface area contributed by atoms with Gasteiger partial charge in [-0.25, -0.2) is 0 Å². The summed E-state index contributed by atoms with van der Waals surface area (Å²) in [6.45, 7) is 9.97. The maximum Gasteiger partial charge on any atom is 0.249 e. The van der Waals surface area contributed by atoms with Crippen LogP contribution in [0.4, 0.5) is 0 Å². The Labute approximate surface area is 111 Å². The molecule has 1 aliphatic heterocycles. The number of carbonyl (C=O) groups is 1. The summed E-state index contributed by atoms with van der Waals surface area (Å²) in [7, 11) is 0. The Bertz CT molecular complexity index is 256. The van der Waals surface area contributed by atoms with Crippen molar-refractivity contribution >= 4 is 5.91 Å². The average Bonchev–Trinajstić information content (AvgIpc) is 2.31. The third-order valence-corrected chi connectivity index (χ3v) is 3.52. The van der Waals surface area contributed by atoms with Gasteiger partial charge < -0.3 is 15.4 Å². The van der Waals surface area contributed by atoms with Crippen LogP contribution in [0.25, 0.3) is 0 Å². The van der Waals surface area contributed by atoms with Gasteiger partial charge in [-0.2, -0.15) is 0 Å². The molecule has 1 saturated heterocycles. The highest BCUT2D eigenvalue weighted by molar-refractivity contribution is 5.80. The lowest BCUT2D eigenvalue weighted by molar-refractivity contribution is -0.133. The van der Waals surface area contributed by atoms with Crippen molar-refractivity contribution in [2.45, 2.75) is 65.1 Å². The maximum atomic E-state index is 12.0. The van der Waals surface area contributed by atoms with Crippen molar-refractivity contribution in [2.75, 3.05) is 13.2 Å². The van der Waals surface area contributed by atoms with Gasteiger partial charge in [-0.3, -0.25) is 4.79 Å². The van der Waals surface area contributed by atoms with Gasteiger partial charge in [0.15, 0.2) is 0 Å². The van der Waals surface area contributed by atoms with Crippen LogP contribution in [0.15, 0.2) is 0 Å². The number of nitrogens with one attached hydrogen (secondary N) is 2. The number of rotatable bonds is 6. The van der Waals surface area contributed by atoms with Gasteiger partial charge in [0.2, 0.25) is 5.91 Å². The zero-order chi connectivity index (χ0) is 13.5. The molecular weight excluding hydrogens is 228 g/mol. The number of hydrogen-bond donors (Lipinski definition) is 2. The number of amides is 1. The van der Waals surface area contributed by atoms with Gasteiger partial charge in [0.25, 0.3) is 0 Å². The predicted molar refractivity (Wildman–Crippen MR) is 73.5 cm³/mol. The summed E-state index contributed by atoms with van der Waals surface area (Å²) >= 11 is 0. The first-order valence-electron chi connectivity index (χ1n) is 7.16. The van der Waals surface area contributed by atoms with E-state index in [4.69, 9.17) is 4.74 Å². The van der Waals surface area contributed by atoms with Crippen LogP contribution in [0.2, 0.25) is 0 Å². The highest BCUT2D eigenvalue weighted by Gasteiger charge is 2.24. The van der Waals surface area contributed by atoms with E-state index in [0.29, 0.717) is 18.6 Å². The van der Waals surface area contributed by atoms with Crippen molar-refractivity contribution in [3.8, 4) is 0 Å². The Morgan fingerprint density at radius 3 is 2.78 bits per heavy atom. The van der Waals surface area contributed by atoms with E-state index in [1.54, 1.807) is 0 Å². The maximum absolute atomic E-state index is 12.0. The van der Waals surface area contributed by atoms with E-state index in [-0.39, 0.29) is 18.1 Å². The van der Waals surface area contributed by atoms with E-state index >= 15 is 0 Å². The van der Waals surface area contributed by atoms with Crippen molar-refractivity contribution in [3.63, 3.8) is 0 Å². The summed E-state index contributed by atoms with van der Waals surface area (Å²) in [5.74, 6) is 0.627. The molecule has 2 N–H and O–H groups in total. The van der Waals surface area contributed by atoms with Crippen LogP contribution in [-0.4, -0.2) is 37.2 Å². The Kier molecular flexibility index (Phi) is 6.65. The fraction of sp³-hybridized carbons (Fsp3) is 0.929. The van der Waals surface area contributed by atoms with Crippen LogP contribution in [-0.2, 0) is 9.53 Å². The third kappa shape index (κ3) is 5.36. The summed E-state index contributed by atoms with van der Waals surface area (Å²) in [5, 5.41) is 6.46. The molecule has 0 spiro atoms. The molecule has 3 atom stereocenters. The summed E-state index contributed by atoms with van der Waals surface area (Å²) in [6, 6.07) is 0.591. The van der Waals surface area contributed by atoms with Crippen LogP contribution in [0, 0.1) is 5.92 Å². The van der Waals surface area contributed by atoms with Crippen molar-refractivity contribution in [3.05, 3.63) is 0 Å². The van der Waals surface area contributed by atoms with E-state index in [1.165, 1.54) is 0 Å². The normalized spacial score (nSPS) is 26.1. The molecular formula is C14H28N2O2. The minimum Gasteiger partial charge on any atom is -0.369 e. The molecule has 4 nitrogen and oxygen atoms in total. The molecule has 0 radical (unpaired) electrons. The fourth-order valence-corrected chi connectivity index (χ4v) is 2.10. The first-order chi connectivity index (χ1) is 8.50. The molecule has 0 aromatic heterocycles. The van der Waals surface area contributed by atoms with Crippen molar-refractivity contribution < 1.29 is 9.53 Å². The van der Waals surface area contributed by atoms with E-state index in [9.17, 15) is 4.79 Å². The van der Waals surface area contributed by atoms with Gasteiger partial charge in [-0.05, 0) is 45.6 Å². The molecule has 1 rings (SSSR count). The van der Waals surface area contributed by atoms with E-state index in [1.807, 2.05) is 6.92 Å².